The Balaban J connectivity index is 2.06. The van der Waals surface area contributed by atoms with E-state index in [4.69, 9.17) is 5.73 Å². The van der Waals surface area contributed by atoms with Crippen LogP contribution in [-0.4, -0.2) is 5.91 Å². The third kappa shape index (κ3) is 3.34. The van der Waals surface area contributed by atoms with Crippen LogP contribution in [0.5, 0.6) is 0 Å². The number of nitrogens with two attached hydrogens (primary N) is 1. The molecule has 0 aliphatic rings. The van der Waals surface area contributed by atoms with Crippen LogP contribution in [0.2, 0.25) is 0 Å². The van der Waals surface area contributed by atoms with Crippen molar-refractivity contribution in [3.05, 3.63) is 49.0 Å². The highest BCUT2D eigenvalue weighted by atomic mass is 79.9. The number of benzene rings is 1. The molecule has 0 unspecified atom stereocenters. The molecule has 3 nitrogen and oxygen atoms in total. The highest BCUT2D eigenvalue weighted by Gasteiger charge is 2.08. The van der Waals surface area contributed by atoms with Crippen LogP contribution in [0.15, 0.2) is 38.6 Å². The Labute approximate surface area is 126 Å². The van der Waals surface area contributed by atoms with Gasteiger partial charge >= 0.3 is 0 Å². The monoisotopic (exact) mass is 388 g/mol. The summed E-state index contributed by atoms with van der Waals surface area (Å²) in [5.41, 5.74) is 6.81. The van der Waals surface area contributed by atoms with Crippen molar-refractivity contribution in [2.45, 2.75) is 6.54 Å². The number of rotatable bonds is 3. The first-order chi connectivity index (χ1) is 8.56. The molecule has 3 N–H and O–H groups in total. The topological polar surface area (TPSA) is 55.1 Å². The van der Waals surface area contributed by atoms with Gasteiger partial charge in [-0.15, -0.1) is 11.3 Å². The Bertz CT molecular complexity index is 563. The molecule has 18 heavy (non-hydrogen) atoms. The summed E-state index contributed by atoms with van der Waals surface area (Å²) in [6.45, 7) is 0.503. The summed E-state index contributed by atoms with van der Waals surface area (Å²) in [7, 11) is 0. The number of thiophene rings is 1. The third-order valence-electron chi connectivity index (χ3n) is 2.28. The molecule has 0 atom stereocenters. The first kappa shape index (κ1) is 13.6. The van der Waals surface area contributed by atoms with Crippen molar-refractivity contribution in [3.63, 3.8) is 0 Å². The number of nitrogens with one attached hydrogen (secondary N) is 1. The molecule has 0 saturated carbocycles. The minimum Gasteiger partial charge on any atom is -0.399 e. The van der Waals surface area contributed by atoms with E-state index in [-0.39, 0.29) is 5.91 Å². The lowest BCUT2D eigenvalue weighted by atomic mass is 10.2. The summed E-state index contributed by atoms with van der Waals surface area (Å²) in [6.07, 6.45) is 0. The van der Waals surface area contributed by atoms with Crippen LogP contribution >= 0.6 is 43.2 Å². The van der Waals surface area contributed by atoms with Gasteiger partial charge in [0, 0.05) is 25.1 Å². The maximum absolute atomic E-state index is 12.0. The van der Waals surface area contributed by atoms with E-state index in [0.717, 1.165) is 13.8 Å². The predicted molar refractivity (Wildman–Crippen MR) is 81.7 cm³/mol. The van der Waals surface area contributed by atoms with Gasteiger partial charge < -0.3 is 11.1 Å². The summed E-state index contributed by atoms with van der Waals surface area (Å²) >= 11 is 8.34. The van der Waals surface area contributed by atoms with Crippen molar-refractivity contribution in [2.75, 3.05) is 5.73 Å². The van der Waals surface area contributed by atoms with Gasteiger partial charge in [-0.05, 0) is 45.6 Å². The van der Waals surface area contributed by atoms with Crippen LogP contribution in [-0.2, 0) is 6.54 Å². The molecule has 0 aliphatic carbocycles. The lowest BCUT2D eigenvalue weighted by Crippen LogP contribution is -2.22. The van der Waals surface area contributed by atoms with Gasteiger partial charge in [0.2, 0.25) is 0 Å². The number of anilines is 1. The van der Waals surface area contributed by atoms with Gasteiger partial charge in [-0.1, -0.05) is 15.9 Å². The molecule has 0 aliphatic heterocycles. The second kappa shape index (κ2) is 5.86. The second-order valence-electron chi connectivity index (χ2n) is 3.65. The van der Waals surface area contributed by atoms with Crippen LogP contribution in [0.1, 0.15) is 15.2 Å². The molecule has 0 bridgehead atoms. The minimum atomic E-state index is -0.136. The van der Waals surface area contributed by atoms with E-state index in [9.17, 15) is 4.79 Å². The number of nitrogen functional groups attached to an aromatic ring is 1. The maximum Gasteiger partial charge on any atom is 0.251 e. The van der Waals surface area contributed by atoms with E-state index in [2.05, 4.69) is 37.2 Å². The number of hydrogen-bond acceptors (Lipinski definition) is 3. The largest absolute Gasteiger partial charge is 0.399 e. The summed E-state index contributed by atoms with van der Waals surface area (Å²) in [4.78, 5) is 13.0. The molecule has 1 amide bonds. The standard InChI is InChI=1S/C12H10Br2N2OS/c13-8-3-7(4-9(15)5-8)12(17)16-6-11-10(14)1-2-18-11/h1-5H,6,15H2,(H,16,17). The predicted octanol–water partition coefficient (Wildman–Crippen LogP) is 3.79. The molecule has 0 fully saturated rings. The minimum absolute atomic E-state index is 0.136. The Morgan fingerprint density at radius 2 is 2.11 bits per heavy atom. The van der Waals surface area contributed by atoms with Gasteiger partial charge in [-0.3, -0.25) is 4.79 Å². The second-order valence-corrected chi connectivity index (χ2v) is 6.42. The Morgan fingerprint density at radius 1 is 1.33 bits per heavy atom. The van der Waals surface area contributed by atoms with Crippen molar-refractivity contribution in [1.82, 2.24) is 5.32 Å². The van der Waals surface area contributed by atoms with Gasteiger partial charge in [0.05, 0.1) is 6.54 Å². The molecular weight excluding hydrogens is 380 g/mol. The molecule has 1 aromatic heterocycles. The Hall–Kier alpha value is -0.850. The van der Waals surface area contributed by atoms with E-state index in [1.807, 2.05) is 11.4 Å². The van der Waals surface area contributed by atoms with Gasteiger partial charge in [0.1, 0.15) is 0 Å². The van der Waals surface area contributed by atoms with E-state index in [1.165, 1.54) is 0 Å². The molecule has 0 spiro atoms. The molecule has 1 heterocycles. The smallest absolute Gasteiger partial charge is 0.251 e. The zero-order valence-electron chi connectivity index (χ0n) is 9.24. The first-order valence-electron chi connectivity index (χ1n) is 5.12. The molecule has 1 aromatic carbocycles. The quantitative estimate of drug-likeness (QED) is 0.784. The summed E-state index contributed by atoms with van der Waals surface area (Å²) in [5.74, 6) is -0.136. The average Bonchev–Trinajstić information content (AvgIpc) is 2.70. The van der Waals surface area contributed by atoms with Gasteiger partial charge in [-0.2, -0.15) is 0 Å². The zero-order valence-corrected chi connectivity index (χ0v) is 13.2. The molecule has 2 rings (SSSR count). The van der Waals surface area contributed by atoms with E-state index in [1.54, 1.807) is 29.5 Å². The third-order valence-corrected chi connectivity index (χ3v) is 4.67. The van der Waals surface area contributed by atoms with Crippen molar-refractivity contribution in [3.8, 4) is 0 Å². The van der Waals surface area contributed by atoms with Crippen LogP contribution in [0.25, 0.3) is 0 Å². The fraction of sp³-hybridized carbons (Fsp3) is 0.0833. The lowest BCUT2D eigenvalue weighted by molar-refractivity contribution is 0.0951. The normalized spacial score (nSPS) is 10.3. The number of carbonyl (C=O) groups is 1. The fourth-order valence-electron chi connectivity index (χ4n) is 1.46. The van der Waals surface area contributed by atoms with E-state index >= 15 is 0 Å². The van der Waals surface area contributed by atoms with Crippen molar-refractivity contribution < 1.29 is 4.79 Å². The fourth-order valence-corrected chi connectivity index (χ4v) is 3.40. The Morgan fingerprint density at radius 3 is 2.72 bits per heavy atom. The van der Waals surface area contributed by atoms with Gasteiger partial charge in [-0.25, -0.2) is 0 Å². The van der Waals surface area contributed by atoms with Gasteiger partial charge in [0.25, 0.3) is 5.91 Å². The van der Waals surface area contributed by atoms with Crippen molar-refractivity contribution in [2.24, 2.45) is 0 Å². The highest BCUT2D eigenvalue weighted by molar-refractivity contribution is 9.10. The molecule has 2 aromatic rings. The average molecular weight is 390 g/mol. The highest BCUT2D eigenvalue weighted by Crippen LogP contribution is 2.22. The summed E-state index contributed by atoms with van der Waals surface area (Å²) in [5, 5.41) is 4.84. The molecule has 6 heteroatoms. The van der Waals surface area contributed by atoms with Crippen LogP contribution in [0, 0.1) is 0 Å². The Kier molecular flexibility index (Phi) is 4.42. The lowest BCUT2D eigenvalue weighted by Gasteiger charge is -2.06. The zero-order chi connectivity index (χ0) is 13.1. The summed E-state index contributed by atoms with van der Waals surface area (Å²) < 4.78 is 1.81. The maximum atomic E-state index is 12.0. The SMILES string of the molecule is Nc1cc(Br)cc(C(=O)NCc2sccc2Br)c1. The van der Waals surface area contributed by atoms with Gasteiger partial charge in [0.15, 0.2) is 0 Å². The molecule has 0 radical (unpaired) electrons. The first-order valence-corrected chi connectivity index (χ1v) is 7.59. The number of carbonyl (C=O) groups excluding carboxylic acids is 1. The molecule has 0 saturated heterocycles. The van der Waals surface area contributed by atoms with Crippen LogP contribution < -0.4 is 11.1 Å². The van der Waals surface area contributed by atoms with E-state index < -0.39 is 0 Å². The van der Waals surface area contributed by atoms with Crippen molar-refractivity contribution in [1.29, 1.82) is 0 Å². The van der Waals surface area contributed by atoms with Crippen LogP contribution in [0.4, 0.5) is 5.69 Å². The van der Waals surface area contributed by atoms with E-state index in [0.29, 0.717) is 17.8 Å². The number of halogens is 2. The molecular formula is C12H10Br2N2OS. The summed E-state index contributed by atoms with van der Waals surface area (Å²) in [6, 6.07) is 7.12. The molecule has 94 valence electrons. The number of hydrogen-bond donors (Lipinski definition) is 2. The number of amides is 1. The van der Waals surface area contributed by atoms with Crippen molar-refractivity contribution >= 4 is 54.8 Å². The van der Waals surface area contributed by atoms with Crippen LogP contribution in [0.3, 0.4) is 0 Å².